The van der Waals surface area contributed by atoms with E-state index < -0.39 is 5.82 Å². The molecule has 0 bridgehead atoms. The zero-order valence-electron chi connectivity index (χ0n) is 22.8. The van der Waals surface area contributed by atoms with Crippen molar-refractivity contribution in [3.8, 4) is 23.0 Å². The lowest BCUT2D eigenvalue weighted by Gasteiger charge is -2.35. The van der Waals surface area contributed by atoms with Gasteiger partial charge in [-0.2, -0.15) is 4.73 Å². The molecule has 2 aromatic carbocycles. The fourth-order valence-electron chi connectivity index (χ4n) is 5.14. The molecule has 1 amide bonds. The summed E-state index contributed by atoms with van der Waals surface area (Å²) in [7, 11) is 0. The molecule has 1 saturated carbocycles. The van der Waals surface area contributed by atoms with Crippen LogP contribution in [-0.2, 0) is 0 Å². The number of aryl methyl sites for hydroxylation is 1. The Balaban J connectivity index is 1.26. The van der Waals surface area contributed by atoms with Gasteiger partial charge in [0.1, 0.15) is 34.3 Å². The lowest BCUT2D eigenvalue weighted by Crippen LogP contribution is -2.44. The molecule has 1 aliphatic carbocycles. The number of carbonyl (C=O) groups excluding carboxylic acids is 1. The highest BCUT2D eigenvalue weighted by Gasteiger charge is 2.37. The third-order valence-corrected chi connectivity index (χ3v) is 7.48. The van der Waals surface area contributed by atoms with Gasteiger partial charge in [-0.3, -0.25) is 9.36 Å². The number of hydrogen-bond acceptors (Lipinski definition) is 7. The maximum Gasteiger partial charge on any atom is 0.253 e. The summed E-state index contributed by atoms with van der Waals surface area (Å²) in [5.74, 6) is 0.862. The first-order chi connectivity index (χ1) is 19.9. The van der Waals surface area contributed by atoms with Crippen LogP contribution in [0.15, 0.2) is 60.8 Å². The molecule has 0 unspecified atom stereocenters. The molecular weight excluding hydrogens is 525 g/mol. The van der Waals surface area contributed by atoms with E-state index in [0.29, 0.717) is 76.2 Å². The van der Waals surface area contributed by atoms with E-state index in [9.17, 15) is 10.0 Å². The van der Waals surface area contributed by atoms with E-state index in [0.717, 1.165) is 4.73 Å². The van der Waals surface area contributed by atoms with Crippen LogP contribution in [0.1, 0.15) is 53.3 Å². The third-order valence-electron chi connectivity index (χ3n) is 7.48. The largest absolute Gasteiger partial charge is 0.618 e. The van der Waals surface area contributed by atoms with Crippen LogP contribution < -0.4 is 14.8 Å². The molecule has 5 aromatic rings. The second-order valence-corrected chi connectivity index (χ2v) is 10.1. The average molecular weight is 554 g/mol. The van der Waals surface area contributed by atoms with E-state index in [4.69, 9.17) is 4.74 Å². The molecule has 41 heavy (non-hydrogen) atoms. The molecule has 1 fully saturated rings. The van der Waals surface area contributed by atoms with Crippen molar-refractivity contribution in [3.63, 3.8) is 0 Å². The van der Waals surface area contributed by atoms with Crippen molar-refractivity contribution in [1.29, 1.82) is 0 Å². The number of fused-ring (bicyclic) bond motifs is 1. The summed E-state index contributed by atoms with van der Waals surface area (Å²) in [5.41, 5.74) is 2.98. The number of nitrogens with one attached hydrogen (secondary N) is 1. The quantitative estimate of drug-likeness (QED) is 0.235. The number of amides is 1. The number of halogens is 1. The monoisotopic (exact) mass is 553 g/mol. The Morgan fingerprint density at radius 2 is 1.93 bits per heavy atom. The first kappa shape index (κ1) is 26.3. The molecule has 1 aliphatic rings. The summed E-state index contributed by atoms with van der Waals surface area (Å²) in [6, 6.07) is 14.9. The number of benzene rings is 2. The maximum atomic E-state index is 15.0. The number of pyridine rings is 1. The minimum Gasteiger partial charge on any atom is -0.618 e. The van der Waals surface area contributed by atoms with Crippen molar-refractivity contribution in [2.75, 3.05) is 6.61 Å². The molecule has 3 heterocycles. The molecule has 208 valence electrons. The van der Waals surface area contributed by atoms with Crippen molar-refractivity contribution in [1.82, 2.24) is 30.0 Å². The fraction of sp³-hybridized carbons (Fsp3) is 0.267. The Morgan fingerprint density at radius 3 is 2.66 bits per heavy atom. The normalized spacial score (nSPS) is 16.4. The summed E-state index contributed by atoms with van der Waals surface area (Å²) >= 11 is 0. The van der Waals surface area contributed by atoms with Crippen LogP contribution in [0.3, 0.4) is 0 Å². The van der Waals surface area contributed by atoms with Crippen molar-refractivity contribution >= 4 is 16.9 Å². The Labute approximate surface area is 235 Å². The van der Waals surface area contributed by atoms with Gasteiger partial charge in [0.15, 0.2) is 5.82 Å². The smallest absolute Gasteiger partial charge is 0.253 e. The van der Waals surface area contributed by atoms with Crippen LogP contribution in [0, 0.1) is 24.9 Å². The summed E-state index contributed by atoms with van der Waals surface area (Å²) in [6.07, 6.45) is 2.78. The fourth-order valence-corrected chi connectivity index (χ4v) is 5.14. The van der Waals surface area contributed by atoms with Gasteiger partial charge in [0.2, 0.25) is 11.2 Å². The van der Waals surface area contributed by atoms with E-state index in [1.165, 1.54) is 6.07 Å². The Morgan fingerprint density at radius 1 is 1.12 bits per heavy atom. The summed E-state index contributed by atoms with van der Waals surface area (Å²) in [6.45, 7) is 5.86. The summed E-state index contributed by atoms with van der Waals surface area (Å²) in [5, 5.41) is 24.5. The SMILES string of the molecule is CCOc1ccc(-c2nnc(C3CC(NC(=O)c4cccc5c4nc(C)c(C)[n+]5[O-])C3)n2-c2ccccc2F)nc1. The lowest BCUT2D eigenvalue weighted by atomic mass is 9.79. The van der Waals surface area contributed by atoms with Crippen molar-refractivity contribution in [2.45, 2.75) is 45.6 Å². The topological polar surface area (TPSA) is 122 Å². The van der Waals surface area contributed by atoms with Crippen LogP contribution >= 0.6 is 0 Å². The number of aromatic nitrogens is 6. The van der Waals surface area contributed by atoms with E-state index >= 15 is 4.39 Å². The molecule has 0 saturated heterocycles. The first-order valence-corrected chi connectivity index (χ1v) is 13.5. The predicted molar refractivity (Wildman–Crippen MR) is 149 cm³/mol. The highest BCUT2D eigenvalue weighted by molar-refractivity contribution is 6.04. The molecule has 6 rings (SSSR count). The molecule has 3 aromatic heterocycles. The first-order valence-electron chi connectivity index (χ1n) is 13.5. The van der Waals surface area contributed by atoms with E-state index in [1.807, 2.05) is 6.92 Å². The van der Waals surface area contributed by atoms with Crippen LogP contribution in [0.2, 0.25) is 0 Å². The van der Waals surface area contributed by atoms with Gasteiger partial charge < -0.3 is 15.3 Å². The highest BCUT2D eigenvalue weighted by Crippen LogP contribution is 2.39. The van der Waals surface area contributed by atoms with Crippen LogP contribution in [0.4, 0.5) is 4.39 Å². The second-order valence-electron chi connectivity index (χ2n) is 10.1. The molecule has 10 nitrogen and oxygen atoms in total. The highest BCUT2D eigenvalue weighted by atomic mass is 19.1. The number of rotatable bonds is 7. The van der Waals surface area contributed by atoms with Gasteiger partial charge in [-0.1, -0.05) is 18.2 Å². The minimum absolute atomic E-state index is 0.0665. The maximum absolute atomic E-state index is 15.0. The van der Waals surface area contributed by atoms with Crippen LogP contribution in [-0.4, -0.2) is 43.3 Å². The number of carbonyl (C=O) groups is 1. The van der Waals surface area contributed by atoms with E-state index in [-0.39, 0.29) is 17.9 Å². The van der Waals surface area contributed by atoms with Gasteiger partial charge in [0, 0.05) is 24.9 Å². The number of hydrogen-bond donors (Lipinski definition) is 1. The lowest BCUT2D eigenvalue weighted by molar-refractivity contribution is -0.585. The van der Waals surface area contributed by atoms with Crippen LogP contribution in [0.5, 0.6) is 5.75 Å². The zero-order chi connectivity index (χ0) is 28.7. The van der Waals surface area contributed by atoms with Crippen molar-refractivity contribution in [3.05, 3.63) is 94.6 Å². The molecule has 0 atom stereocenters. The molecule has 0 aliphatic heterocycles. The minimum atomic E-state index is -0.408. The van der Waals surface area contributed by atoms with Gasteiger partial charge in [-0.15, -0.1) is 10.2 Å². The molecule has 1 N–H and O–H groups in total. The predicted octanol–water partition coefficient (Wildman–Crippen LogP) is 4.34. The Bertz CT molecular complexity index is 1760. The van der Waals surface area contributed by atoms with Crippen LogP contribution in [0.25, 0.3) is 28.2 Å². The molecular formula is C30H28FN7O3. The Kier molecular flexibility index (Phi) is 6.78. The Hall–Kier alpha value is -4.93. The van der Waals surface area contributed by atoms with Crippen molar-refractivity contribution < 1.29 is 18.7 Å². The zero-order valence-corrected chi connectivity index (χ0v) is 22.8. The summed E-state index contributed by atoms with van der Waals surface area (Å²) < 4.78 is 23.0. The molecule has 0 radical (unpaired) electrons. The number of para-hydroxylation sites is 2. The van der Waals surface area contributed by atoms with E-state index in [1.54, 1.807) is 73.1 Å². The third kappa shape index (κ3) is 4.73. The second kappa shape index (κ2) is 10.6. The van der Waals surface area contributed by atoms with Gasteiger partial charge in [0.25, 0.3) is 5.91 Å². The molecule has 11 heteroatoms. The molecule has 0 spiro atoms. The number of nitrogens with zero attached hydrogens (tertiary/aromatic N) is 6. The average Bonchev–Trinajstić information content (AvgIpc) is 3.38. The van der Waals surface area contributed by atoms with Crippen molar-refractivity contribution in [2.24, 2.45) is 0 Å². The van der Waals surface area contributed by atoms with Gasteiger partial charge in [-0.05, 0) is 57.0 Å². The standard InChI is InChI=1S/C30H28FN7O3/c1-4-41-21-12-13-24(32-16-21)29-36-35-28(37(29)25-10-6-5-9-23(25)31)19-14-20(15-19)34-30(39)22-8-7-11-26-27(22)33-17(2)18(3)38(26)40/h5-13,16,19-20H,4,14-15H2,1-3H3,(H,34,39). The van der Waals surface area contributed by atoms with E-state index in [2.05, 4.69) is 25.5 Å². The summed E-state index contributed by atoms with van der Waals surface area (Å²) in [4.78, 5) is 22.2. The van der Waals surface area contributed by atoms with Gasteiger partial charge >= 0.3 is 0 Å². The number of ether oxygens (including phenoxy) is 1. The van der Waals surface area contributed by atoms with Gasteiger partial charge in [0.05, 0.1) is 24.1 Å². The van der Waals surface area contributed by atoms with Gasteiger partial charge in [-0.25, -0.2) is 14.4 Å².